The highest BCUT2D eigenvalue weighted by atomic mass is 32.2. The van der Waals surface area contributed by atoms with E-state index in [-0.39, 0.29) is 23.1 Å². The van der Waals surface area contributed by atoms with Gasteiger partial charge in [-0.25, -0.2) is 8.42 Å². The van der Waals surface area contributed by atoms with Crippen molar-refractivity contribution in [3.63, 3.8) is 0 Å². The number of ether oxygens (including phenoxy) is 2. The molecule has 41 heavy (non-hydrogen) atoms. The van der Waals surface area contributed by atoms with Crippen LogP contribution in [0.25, 0.3) is 0 Å². The molecule has 0 fully saturated rings. The van der Waals surface area contributed by atoms with E-state index < -0.39 is 34.1 Å². The topological polar surface area (TPSA) is 105 Å². The Morgan fingerprint density at radius 3 is 2.07 bits per heavy atom. The highest BCUT2D eigenvalue weighted by molar-refractivity contribution is 7.92. The van der Waals surface area contributed by atoms with Crippen LogP contribution < -0.4 is 19.1 Å². The number of carbonyl (C=O) groups is 2. The Bertz CT molecular complexity index is 1450. The lowest BCUT2D eigenvalue weighted by Gasteiger charge is -2.33. The maximum atomic E-state index is 14.1. The smallest absolute Gasteiger partial charge is 0.264 e. The number of rotatable bonds is 11. The summed E-state index contributed by atoms with van der Waals surface area (Å²) in [6.07, 6.45) is 0. The zero-order valence-corrected chi connectivity index (χ0v) is 25.5. The fourth-order valence-corrected chi connectivity index (χ4v) is 5.61. The Balaban J connectivity index is 2.06. The molecule has 0 aliphatic heterocycles. The van der Waals surface area contributed by atoms with E-state index in [2.05, 4.69) is 5.32 Å². The molecule has 0 unspecified atom stereocenters. The number of benzene rings is 3. The standard InChI is InChI=1S/C31H39N3O6S/c1-22-13-15-25(16-14-22)34(41(37,38)26-17-18-27(39-6)28(19-26)40-7)21-29(35)33(20-24-11-9-8-10-12-24)23(2)30(36)32-31(3,4)5/h8-19,23H,20-21H2,1-7H3,(H,32,36)/t23-/m0/s1. The average Bonchev–Trinajstić information content (AvgIpc) is 2.93. The zero-order chi connectivity index (χ0) is 30.4. The number of nitrogens with zero attached hydrogens (tertiary/aromatic N) is 2. The van der Waals surface area contributed by atoms with Crippen LogP contribution in [0.15, 0.2) is 77.7 Å². The summed E-state index contributed by atoms with van der Waals surface area (Å²) in [5.74, 6) is -0.263. The van der Waals surface area contributed by atoms with Gasteiger partial charge in [0.15, 0.2) is 11.5 Å². The minimum absolute atomic E-state index is 0.0725. The number of aryl methyl sites for hydroxylation is 1. The molecule has 10 heteroatoms. The molecule has 0 aliphatic carbocycles. The molecule has 0 bridgehead atoms. The van der Waals surface area contributed by atoms with Gasteiger partial charge < -0.3 is 19.7 Å². The van der Waals surface area contributed by atoms with E-state index in [1.165, 1.54) is 37.3 Å². The van der Waals surface area contributed by atoms with Gasteiger partial charge in [-0.15, -0.1) is 0 Å². The second-order valence-corrected chi connectivity index (χ2v) is 12.6. The van der Waals surface area contributed by atoms with Crippen molar-refractivity contribution in [2.45, 2.75) is 57.6 Å². The molecule has 0 aromatic heterocycles. The third kappa shape index (κ3) is 8.00. The summed E-state index contributed by atoms with van der Waals surface area (Å²) in [7, 11) is -1.37. The number of carbonyl (C=O) groups excluding carboxylic acids is 2. The van der Waals surface area contributed by atoms with E-state index in [4.69, 9.17) is 9.47 Å². The minimum Gasteiger partial charge on any atom is -0.493 e. The summed E-state index contributed by atoms with van der Waals surface area (Å²) >= 11 is 0. The van der Waals surface area contributed by atoms with E-state index in [1.54, 1.807) is 31.2 Å². The van der Waals surface area contributed by atoms with Crippen molar-refractivity contribution in [1.82, 2.24) is 10.2 Å². The third-order valence-corrected chi connectivity index (χ3v) is 8.17. The van der Waals surface area contributed by atoms with Crippen molar-refractivity contribution < 1.29 is 27.5 Å². The van der Waals surface area contributed by atoms with Crippen molar-refractivity contribution >= 4 is 27.5 Å². The molecule has 2 amide bonds. The molecule has 3 aromatic carbocycles. The molecule has 220 valence electrons. The summed E-state index contributed by atoms with van der Waals surface area (Å²) in [6.45, 7) is 8.69. The van der Waals surface area contributed by atoms with Gasteiger partial charge in [-0.05, 0) is 64.4 Å². The fourth-order valence-electron chi connectivity index (χ4n) is 4.18. The lowest BCUT2D eigenvalue weighted by molar-refractivity contribution is -0.140. The predicted octanol–water partition coefficient (Wildman–Crippen LogP) is 4.54. The number of methoxy groups -OCH3 is 2. The van der Waals surface area contributed by atoms with Crippen LogP contribution in [0.4, 0.5) is 5.69 Å². The molecule has 3 aromatic rings. The van der Waals surface area contributed by atoms with Crippen molar-refractivity contribution in [2.24, 2.45) is 0 Å². The first-order valence-corrected chi connectivity index (χ1v) is 14.7. The molecule has 0 saturated heterocycles. The van der Waals surface area contributed by atoms with Crippen LogP contribution in [0.2, 0.25) is 0 Å². The van der Waals surface area contributed by atoms with Crippen LogP contribution >= 0.6 is 0 Å². The van der Waals surface area contributed by atoms with Gasteiger partial charge in [0.1, 0.15) is 12.6 Å². The molecule has 0 radical (unpaired) electrons. The average molecular weight is 582 g/mol. The van der Waals surface area contributed by atoms with Crippen LogP contribution in [-0.2, 0) is 26.2 Å². The summed E-state index contributed by atoms with van der Waals surface area (Å²) in [5, 5.41) is 2.92. The second kappa shape index (κ2) is 13.1. The quantitative estimate of drug-likeness (QED) is 0.357. The zero-order valence-electron chi connectivity index (χ0n) is 24.7. The lowest BCUT2D eigenvalue weighted by Crippen LogP contribution is -2.54. The van der Waals surface area contributed by atoms with Gasteiger partial charge in [-0.3, -0.25) is 13.9 Å². The van der Waals surface area contributed by atoms with Gasteiger partial charge in [0.2, 0.25) is 11.8 Å². The van der Waals surface area contributed by atoms with Gasteiger partial charge in [-0.1, -0.05) is 48.0 Å². The summed E-state index contributed by atoms with van der Waals surface area (Å²) in [6, 6.07) is 19.5. The third-order valence-electron chi connectivity index (χ3n) is 6.41. The number of amides is 2. The van der Waals surface area contributed by atoms with E-state index in [1.807, 2.05) is 58.0 Å². The number of nitrogens with one attached hydrogen (secondary N) is 1. The number of sulfonamides is 1. The van der Waals surface area contributed by atoms with Crippen molar-refractivity contribution in [2.75, 3.05) is 25.1 Å². The number of hydrogen-bond donors (Lipinski definition) is 1. The van der Waals surface area contributed by atoms with Gasteiger partial charge in [0, 0.05) is 18.2 Å². The van der Waals surface area contributed by atoms with E-state index in [9.17, 15) is 18.0 Å². The second-order valence-electron chi connectivity index (χ2n) is 10.8. The van der Waals surface area contributed by atoms with E-state index in [0.29, 0.717) is 11.4 Å². The molecule has 1 N–H and O–H groups in total. The van der Waals surface area contributed by atoms with Crippen molar-refractivity contribution in [3.05, 3.63) is 83.9 Å². The molecule has 0 spiro atoms. The van der Waals surface area contributed by atoms with Crippen LogP contribution in [0, 0.1) is 6.92 Å². The first-order chi connectivity index (χ1) is 19.3. The monoisotopic (exact) mass is 581 g/mol. The Kier molecular flexibility index (Phi) is 10.0. The number of anilines is 1. The normalized spacial score (nSPS) is 12.3. The van der Waals surface area contributed by atoms with Gasteiger partial charge in [0.25, 0.3) is 10.0 Å². The SMILES string of the molecule is COc1ccc(S(=O)(=O)N(CC(=O)N(Cc2ccccc2)[C@@H](C)C(=O)NC(C)(C)C)c2ccc(C)cc2)cc1OC. The molecule has 0 aliphatic rings. The molecular weight excluding hydrogens is 542 g/mol. The molecule has 1 atom stereocenters. The van der Waals surface area contributed by atoms with Gasteiger partial charge in [0.05, 0.1) is 24.8 Å². The molecule has 0 heterocycles. The van der Waals surface area contributed by atoms with Crippen LogP contribution in [0.5, 0.6) is 11.5 Å². The predicted molar refractivity (Wildman–Crippen MR) is 160 cm³/mol. The van der Waals surface area contributed by atoms with Gasteiger partial charge in [-0.2, -0.15) is 0 Å². The summed E-state index contributed by atoms with van der Waals surface area (Å²) < 4.78 is 39.8. The highest BCUT2D eigenvalue weighted by Gasteiger charge is 2.33. The maximum Gasteiger partial charge on any atom is 0.264 e. The van der Waals surface area contributed by atoms with E-state index in [0.717, 1.165) is 15.4 Å². The van der Waals surface area contributed by atoms with Crippen molar-refractivity contribution in [3.8, 4) is 11.5 Å². The van der Waals surface area contributed by atoms with Crippen LogP contribution in [0.3, 0.4) is 0 Å². The van der Waals surface area contributed by atoms with E-state index >= 15 is 0 Å². The van der Waals surface area contributed by atoms with Crippen LogP contribution in [-0.4, -0.2) is 57.5 Å². The molecule has 3 rings (SSSR count). The maximum absolute atomic E-state index is 14.1. The number of hydrogen-bond acceptors (Lipinski definition) is 6. The lowest BCUT2D eigenvalue weighted by atomic mass is 10.1. The van der Waals surface area contributed by atoms with Gasteiger partial charge >= 0.3 is 0 Å². The Morgan fingerprint density at radius 1 is 0.902 bits per heavy atom. The Labute approximate surface area is 243 Å². The first-order valence-electron chi connectivity index (χ1n) is 13.2. The molecular formula is C31H39N3O6S. The first kappa shape index (κ1) is 31.5. The fraction of sp³-hybridized carbons (Fsp3) is 0.355. The minimum atomic E-state index is -4.25. The molecule has 0 saturated carbocycles. The Hall–Kier alpha value is -4.05. The summed E-state index contributed by atoms with van der Waals surface area (Å²) in [5.41, 5.74) is 1.53. The van der Waals surface area contributed by atoms with Crippen LogP contribution in [0.1, 0.15) is 38.8 Å². The Morgan fingerprint density at radius 2 is 1.51 bits per heavy atom. The van der Waals surface area contributed by atoms with Crippen molar-refractivity contribution in [1.29, 1.82) is 0 Å². The highest BCUT2D eigenvalue weighted by Crippen LogP contribution is 2.32. The summed E-state index contributed by atoms with van der Waals surface area (Å²) in [4.78, 5) is 28.5. The molecule has 9 nitrogen and oxygen atoms in total. The largest absolute Gasteiger partial charge is 0.493 e.